The molecule has 2 rings (SSSR count). The Morgan fingerprint density at radius 3 is 2.84 bits per heavy atom. The van der Waals surface area contributed by atoms with Crippen LogP contribution in [0.15, 0.2) is 39.8 Å². The van der Waals surface area contributed by atoms with Gasteiger partial charge in [0.1, 0.15) is 5.76 Å². The maximum atomic E-state index is 12.0. The van der Waals surface area contributed by atoms with E-state index >= 15 is 0 Å². The van der Waals surface area contributed by atoms with Gasteiger partial charge >= 0.3 is 0 Å². The average Bonchev–Trinajstić information content (AvgIpc) is 2.82. The SMILES string of the molecule is Cc1cnc(CNS(=O)(=O)c2cccc(CO)c2)o1. The fourth-order valence-electron chi connectivity index (χ4n) is 1.53. The zero-order valence-corrected chi connectivity index (χ0v) is 11.1. The van der Waals surface area contributed by atoms with Crippen LogP contribution in [0.1, 0.15) is 17.2 Å². The number of nitrogens with zero attached hydrogens (tertiary/aromatic N) is 1. The molecule has 0 radical (unpaired) electrons. The van der Waals surface area contributed by atoms with Crippen molar-refractivity contribution in [1.29, 1.82) is 0 Å². The molecule has 0 bridgehead atoms. The first kappa shape index (κ1) is 13.7. The van der Waals surface area contributed by atoms with Crippen LogP contribution in [0.5, 0.6) is 0 Å². The van der Waals surface area contributed by atoms with Crippen molar-refractivity contribution in [1.82, 2.24) is 9.71 Å². The van der Waals surface area contributed by atoms with Gasteiger partial charge in [-0.2, -0.15) is 0 Å². The molecule has 0 saturated heterocycles. The van der Waals surface area contributed by atoms with E-state index in [1.54, 1.807) is 19.1 Å². The summed E-state index contributed by atoms with van der Waals surface area (Å²) in [5.74, 6) is 0.927. The Hall–Kier alpha value is -1.70. The van der Waals surface area contributed by atoms with Crippen LogP contribution in [0.4, 0.5) is 0 Å². The fraction of sp³-hybridized carbons (Fsp3) is 0.250. The van der Waals surface area contributed by atoms with Crippen LogP contribution in [0.3, 0.4) is 0 Å². The molecule has 2 aromatic rings. The van der Waals surface area contributed by atoms with Gasteiger partial charge in [-0.25, -0.2) is 18.1 Å². The summed E-state index contributed by atoms with van der Waals surface area (Å²) < 4.78 is 31.6. The number of hydrogen-bond acceptors (Lipinski definition) is 5. The summed E-state index contributed by atoms with van der Waals surface area (Å²) in [5.41, 5.74) is 0.537. The zero-order valence-electron chi connectivity index (χ0n) is 10.3. The monoisotopic (exact) mass is 282 g/mol. The van der Waals surface area contributed by atoms with E-state index in [9.17, 15) is 8.42 Å². The minimum absolute atomic E-state index is 0.0144. The van der Waals surface area contributed by atoms with Gasteiger partial charge in [0.2, 0.25) is 15.9 Å². The highest BCUT2D eigenvalue weighted by Gasteiger charge is 2.15. The number of aliphatic hydroxyl groups excluding tert-OH is 1. The van der Waals surface area contributed by atoms with E-state index in [0.29, 0.717) is 17.2 Å². The van der Waals surface area contributed by atoms with Gasteiger partial charge < -0.3 is 9.52 Å². The van der Waals surface area contributed by atoms with Crippen molar-refractivity contribution < 1.29 is 17.9 Å². The molecule has 0 atom stereocenters. The topological polar surface area (TPSA) is 92.4 Å². The molecule has 6 nitrogen and oxygen atoms in total. The van der Waals surface area contributed by atoms with E-state index in [1.165, 1.54) is 18.3 Å². The van der Waals surface area contributed by atoms with Crippen LogP contribution in [0, 0.1) is 6.92 Å². The Kier molecular flexibility index (Phi) is 3.98. The molecule has 7 heteroatoms. The van der Waals surface area contributed by atoms with E-state index < -0.39 is 10.0 Å². The van der Waals surface area contributed by atoms with Crippen LogP contribution in [0.2, 0.25) is 0 Å². The van der Waals surface area contributed by atoms with Crippen molar-refractivity contribution in [3.63, 3.8) is 0 Å². The highest BCUT2D eigenvalue weighted by Crippen LogP contribution is 2.12. The summed E-state index contributed by atoms with van der Waals surface area (Å²) in [4.78, 5) is 4.01. The predicted molar refractivity (Wildman–Crippen MR) is 67.6 cm³/mol. The number of aromatic nitrogens is 1. The van der Waals surface area contributed by atoms with Gasteiger partial charge in [-0.15, -0.1) is 0 Å². The summed E-state index contributed by atoms with van der Waals surface area (Å²) in [6.45, 7) is 1.51. The molecule has 0 fully saturated rings. The maximum Gasteiger partial charge on any atom is 0.241 e. The molecule has 0 amide bonds. The standard InChI is InChI=1S/C12H14N2O4S/c1-9-6-13-12(18-9)7-14-19(16,17)11-4-2-3-10(5-11)8-15/h2-6,14-15H,7-8H2,1H3. The lowest BCUT2D eigenvalue weighted by atomic mass is 10.2. The lowest BCUT2D eigenvalue weighted by molar-refractivity contribution is 0.281. The number of hydrogen-bond donors (Lipinski definition) is 2. The molecule has 0 spiro atoms. The molecule has 0 unspecified atom stereocenters. The summed E-state index contributed by atoms with van der Waals surface area (Å²) in [6, 6.07) is 6.11. The number of aryl methyl sites for hydroxylation is 1. The number of sulfonamides is 1. The van der Waals surface area contributed by atoms with Gasteiger partial charge in [0.15, 0.2) is 0 Å². The van der Waals surface area contributed by atoms with Gasteiger partial charge in [0.05, 0.1) is 24.2 Å². The van der Waals surface area contributed by atoms with Crippen molar-refractivity contribution in [2.75, 3.05) is 0 Å². The first-order chi connectivity index (χ1) is 9.01. The van der Waals surface area contributed by atoms with Gasteiger partial charge in [0.25, 0.3) is 0 Å². The summed E-state index contributed by atoms with van der Waals surface area (Å²) in [5, 5.41) is 9.00. The average molecular weight is 282 g/mol. The van der Waals surface area contributed by atoms with Gasteiger partial charge in [-0.3, -0.25) is 0 Å². The van der Waals surface area contributed by atoms with Gasteiger partial charge in [-0.05, 0) is 24.6 Å². The normalized spacial score (nSPS) is 11.7. The summed E-state index contributed by atoms with van der Waals surface area (Å²) in [6.07, 6.45) is 1.52. The Balaban J connectivity index is 2.13. The Morgan fingerprint density at radius 1 is 1.42 bits per heavy atom. The number of aliphatic hydroxyl groups is 1. The van der Waals surface area contributed by atoms with Crippen molar-refractivity contribution in [2.24, 2.45) is 0 Å². The highest BCUT2D eigenvalue weighted by atomic mass is 32.2. The third-order valence-electron chi connectivity index (χ3n) is 2.47. The number of nitrogens with one attached hydrogen (secondary N) is 1. The number of oxazole rings is 1. The number of benzene rings is 1. The van der Waals surface area contributed by atoms with E-state index in [-0.39, 0.29) is 18.0 Å². The molecule has 0 aliphatic heterocycles. The second-order valence-corrected chi connectivity index (χ2v) is 5.76. The summed E-state index contributed by atoms with van der Waals surface area (Å²) >= 11 is 0. The second kappa shape index (κ2) is 5.52. The largest absolute Gasteiger partial charge is 0.445 e. The third kappa shape index (κ3) is 3.40. The molecule has 19 heavy (non-hydrogen) atoms. The van der Waals surface area contributed by atoms with Gasteiger partial charge in [0, 0.05) is 0 Å². The lowest BCUT2D eigenvalue weighted by Crippen LogP contribution is -2.23. The lowest BCUT2D eigenvalue weighted by Gasteiger charge is -2.06. The van der Waals surface area contributed by atoms with E-state index in [2.05, 4.69) is 9.71 Å². The number of rotatable bonds is 5. The van der Waals surface area contributed by atoms with Crippen LogP contribution in [-0.4, -0.2) is 18.5 Å². The quantitative estimate of drug-likeness (QED) is 0.852. The first-order valence-corrected chi connectivity index (χ1v) is 7.10. The van der Waals surface area contributed by atoms with Crippen molar-refractivity contribution in [2.45, 2.75) is 25.0 Å². The molecule has 1 aromatic heterocycles. The fourth-order valence-corrected chi connectivity index (χ4v) is 2.58. The molecule has 0 saturated carbocycles. The van der Waals surface area contributed by atoms with Gasteiger partial charge in [-0.1, -0.05) is 12.1 Å². The molecule has 0 aliphatic rings. The van der Waals surface area contributed by atoms with Crippen LogP contribution in [-0.2, 0) is 23.2 Å². The molecule has 1 aromatic carbocycles. The maximum absolute atomic E-state index is 12.0. The first-order valence-electron chi connectivity index (χ1n) is 5.62. The summed E-state index contributed by atoms with van der Waals surface area (Å²) in [7, 11) is -3.64. The molecule has 2 N–H and O–H groups in total. The Morgan fingerprint density at radius 2 is 2.21 bits per heavy atom. The van der Waals surface area contributed by atoms with Crippen LogP contribution in [0.25, 0.3) is 0 Å². The molecule has 1 heterocycles. The highest BCUT2D eigenvalue weighted by molar-refractivity contribution is 7.89. The van der Waals surface area contributed by atoms with E-state index in [1.807, 2.05) is 0 Å². The Bertz CT molecular complexity index is 664. The minimum atomic E-state index is -3.64. The zero-order chi connectivity index (χ0) is 13.9. The third-order valence-corrected chi connectivity index (χ3v) is 3.87. The second-order valence-electron chi connectivity index (χ2n) is 3.99. The van der Waals surface area contributed by atoms with Crippen molar-refractivity contribution in [3.8, 4) is 0 Å². The van der Waals surface area contributed by atoms with E-state index in [4.69, 9.17) is 9.52 Å². The molecule has 102 valence electrons. The molecular weight excluding hydrogens is 268 g/mol. The van der Waals surface area contributed by atoms with Crippen molar-refractivity contribution in [3.05, 3.63) is 47.7 Å². The molecular formula is C12H14N2O4S. The smallest absolute Gasteiger partial charge is 0.241 e. The molecule has 0 aliphatic carbocycles. The van der Waals surface area contributed by atoms with Crippen LogP contribution < -0.4 is 4.72 Å². The predicted octanol–water partition coefficient (Wildman–Crippen LogP) is 0.954. The minimum Gasteiger partial charge on any atom is -0.445 e. The van der Waals surface area contributed by atoms with E-state index in [0.717, 1.165) is 0 Å². The Labute approximate surface area is 111 Å². The van der Waals surface area contributed by atoms with Crippen LogP contribution >= 0.6 is 0 Å². The van der Waals surface area contributed by atoms with Crippen molar-refractivity contribution >= 4 is 10.0 Å².